The lowest BCUT2D eigenvalue weighted by molar-refractivity contribution is -0.167. The zero-order valence-corrected chi connectivity index (χ0v) is 17.1. The Morgan fingerprint density at radius 1 is 1.16 bits per heavy atom. The maximum atomic E-state index is 12.4. The molecule has 3 heterocycles. The number of aromatic nitrogens is 4. The van der Waals surface area contributed by atoms with E-state index >= 15 is 0 Å². The maximum absolute atomic E-state index is 12.4. The highest BCUT2D eigenvalue weighted by molar-refractivity contribution is 7.99. The third-order valence-corrected chi connectivity index (χ3v) is 5.29. The Kier molecular flexibility index (Phi) is 5.72. The monoisotopic (exact) mass is 449 g/mol. The Hall–Kier alpha value is -3.28. The van der Waals surface area contributed by atoms with Crippen LogP contribution in [0.25, 0.3) is 0 Å². The highest BCUT2D eigenvalue weighted by atomic mass is 32.2. The van der Waals surface area contributed by atoms with Crippen LogP contribution < -0.4 is 15.5 Å². The van der Waals surface area contributed by atoms with Crippen molar-refractivity contribution in [1.82, 2.24) is 20.2 Å². The summed E-state index contributed by atoms with van der Waals surface area (Å²) in [6.07, 6.45) is -3.84. The minimum Gasteiger partial charge on any atom is -0.356 e. The van der Waals surface area contributed by atoms with Gasteiger partial charge in [-0.2, -0.15) is 18.3 Å². The van der Waals surface area contributed by atoms with Crippen LogP contribution in [0, 0.1) is 6.92 Å². The van der Waals surface area contributed by atoms with E-state index in [0.717, 1.165) is 31.0 Å². The van der Waals surface area contributed by atoms with Gasteiger partial charge in [0.15, 0.2) is 5.16 Å². The fourth-order valence-electron chi connectivity index (χ4n) is 2.77. The molecule has 12 heteroatoms. The molecule has 0 spiro atoms. The van der Waals surface area contributed by atoms with Crippen LogP contribution in [-0.2, 0) is 4.79 Å². The van der Waals surface area contributed by atoms with Gasteiger partial charge in [0.2, 0.25) is 0 Å². The van der Waals surface area contributed by atoms with Gasteiger partial charge < -0.3 is 15.5 Å². The van der Waals surface area contributed by atoms with E-state index in [9.17, 15) is 18.0 Å². The average molecular weight is 449 g/mol. The van der Waals surface area contributed by atoms with Gasteiger partial charge in [0.1, 0.15) is 17.5 Å². The fraction of sp³-hybridized carbons (Fsp3) is 0.263. The van der Waals surface area contributed by atoms with Crippen molar-refractivity contribution in [2.75, 3.05) is 28.6 Å². The zero-order chi connectivity index (χ0) is 22.0. The number of carbonyl (C=O) groups is 1. The zero-order valence-electron chi connectivity index (χ0n) is 16.3. The van der Waals surface area contributed by atoms with E-state index < -0.39 is 12.1 Å². The Balaban J connectivity index is 1.51. The van der Waals surface area contributed by atoms with Gasteiger partial charge >= 0.3 is 12.1 Å². The lowest BCUT2D eigenvalue weighted by Gasteiger charge is -2.32. The largest absolute Gasteiger partial charge is 0.471 e. The van der Waals surface area contributed by atoms with Gasteiger partial charge in [-0.15, -0.1) is 0 Å². The van der Waals surface area contributed by atoms with Crippen molar-refractivity contribution in [2.45, 2.75) is 29.6 Å². The summed E-state index contributed by atoms with van der Waals surface area (Å²) in [6, 6.07) is 9.71. The number of benzene rings is 1. The summed E-state index contributed by atoms with van der Waals surface area (Å²) in [4.78, 5) is 23.0. The normalized spacial score (nSPS) is 13.6. The van der Waals surface area contributed by atoms with Crippen molar-refractivity contribution >= 4 is 40.8 Å². The molecule has 0 unspecified atom stereocenters. The number of nitrogens with zero attached hydrogens (tertiary/aromatic N) is 4. The van der Waals surface area contributed by atoms with Gasteiger partial charge in [0, 0.05) is 35.8 Å². The number of H-pyrrole nitrogens is 1. The molecule has 1 aliphatic heterocycles. The van der Waals surface area contributed by atoms with Crippen LogP contribution in [0.3, 0.4) is 0 Å². The van der Waals surface area contributed by atoms with E-state index in [-0.39, 0.29) is 5.69 Å². The smallest absolute Gasteiger partial charge is 0.356 e. The van der Waals surface area contributed by atoms with Crippen LogP contribution in [0.4, 0.5) is 36.3 Å². The first-order chi connectivity index (χ1) is 14.8. The number of anilines is 4. The van der Waals surface area contributed by atoms with Crippen LogP contribution in [0.15, 0.2) is 46.5 Å². The summed E-state index contributed by atoms with van der Waals surface area (Å²) in [5.74, 6) is 0.0726. The third-order valence-electron chi connectivity index (χ3n) is 4.42. The highest BCUT2D eigenvalue weighted by Crippen LogP contribution is 2.31. The Bertz CT molecular complexity index is 1080. The molecule has 3 N–H and O–H groups in total. The average Bonchev–Trinajstić information content (AvgIpc) is 3.05. The van der Waals surface area contributed by atoms with Crippen LogP contribution in [0.1, 0.15) is 12.1 Å². The maximum Gasteiger partial charge on any atom is 0.471 e. The molecule has 1 amide bonds. The van der Waals surface area contributed by atoms with E-state index in [4.69, 9.17) is 0 Å². The lowest BCUT2D eigenvalue weighted by Crippen LogP contribution is -2.37. The number of alkyl halides is 3. The molecule has 1 fully saturated rings. The molecule has 3 aromatic rings. The van der Waals surface area contributed by atoms with E-state index in [1.807, 2.05) is 24.4 Å². The molecule has 0 atom stereocenters. The molecule has 0 radical (unpaired) electrons. The quantitative estimate of drug-likeness (QED) is 0.487. The van der Waals surface area contributed by atoms with Gasteiger partial charge in [-0.05, 0) is 49.4 Å². The van der Waals surface area contributed by atoms with E-state index in [0.29, 0.717) is 21.7 Å². The van der Waals surface area contributed by atoms with E-state index in [1.165, 1.54) is 23.9 Å². The number of aryl methyl sites for hydroxylation is 1. The SMILES string of the molecule is Cc1cc(Nc2cc(N3CCC3)nc(Sc3ccc(NC(=O)C(F)(F)F)cc3)n2)[nH]n1. The number of aromatic amines is 1. The van der Waals surface area contributed by atoms with Gasteiger partial charge in [-0.1, -0.05) is 0 Å². The number of nitrogens with one attached hydrogen (secondary N) is 3. The number of hydrogen-bond acceptors (Lipinski definition) is 7. The van der Waals surface area contributed by atoms with Gasteiger partial charge in [-0.3, -0.25) is 9.89 Å². The summed E-state index contributed by atoms with van der Waals surface area (Å²) < 4.78 is 37.2. The summed E-state index contributed by atoms with van der Waals surface area (Å²) >= 11 is 1.27. The fourth-order valence-corrected chi connectivity index (χ4v) is 3.53. The first-order valence-corrected chi connectivity index (χ1v) is 10.2. The van der Waals surface area contributed by atoms with Crippen LogP contribution in [0.5, 0.6) is 0 Å². The van der Waals surface area contributed by atoms with Crippen molar-refractivity contribution < 1.29 is 18.0 Å². The molecule has 31 heavy (non-hydrogen) atoms. The molecular formula is C19H18F3N7OS. The van der Waals surface area contributed by atoms with Crippen molar-refractivity contribution in [3.05, 3.63) is 42.1 Å². The van der Waals surface area contributed by atoms with Crippen molar-refractivity contribution in [1.29, 1.82) is 0 Å². The van der Waals surface area contributed by atoms with Crippen molar-refractivity contribution in [3.63, 3.8) is 0 Å². The Labute approximate surface area is 179 Å². The molecule has 1 aliphatic rings. The summed E-state index contributed by atoms with van der Waals surface area (Å²) in [5.41, 5.74) is 0.894. The Morgan fingerprint density at radius 3 is 2.48 bits per heavy atom. The van der Waals surface area contributed by atoms with Crippen LogP contribution in [0.2, 0.25) is 0 Å². The summed E-state index contributed by atoms with van der Waals surface area (Å²) in [5, 5.41) is 12.4. The third kappa shape index (κ3) is 5.26. The number of rotatable bonds is 6. The molecule has 8 nitrogen and oxygen atoms in total. The first-order valence-electron chi connectivity index (χ1n) is 9.35. The Morgan fingerprint density at radius 2 is 1.90 bits per heavy atom. The molecular weight excluding hydrogens is 431 g/mol. The van der Waals surface area contributed by atoms with Crippen molar-refractivity contribution in [2.24, 2.45) is 0 Å². The molecule has 1 aromatic carbocycles. The number of halogens is 3. The number of carbonyl (C=O) groups excluding carboxylic acids is 1. The second kappa shape index (κ2) is 8.46. The number of amides is 1. The minimum atomic E-state index is -4.94. The molecule has 162 valence electrons. The van der Waals surface area contributed by atoms with Crippen LogP contribution >= 0.6 is 11.8 Å². The van der Waals surface area contributed by atoms with E-state index in [1.54, 1.807) is 12.1 Å². The predicted molar refractivity (Wildman–Crippen MR) is 111 cm³/mol. The first kappa shape index (κ1) is 21.0. The van der Waals surface area contributed by atoms with Gasteiger partial charge in [-0.25, -0.2) is 9.97 Å². The lowest BCUT2D eigenvalue weighted by atomic mass is 10.2. The molecule has 4 rings (SSSR count). The minimum absolute atomic E-state index is 0.0545. The summed E-state index contributed by atoms with van der Waals surface area (Å²) in [7, 11) is 0. The predicted octanol–water partition coefficient (Wildman–Crippen LogP) is 4.11. The van der Waals surface area contributed by atoms with Gasteiger partial charge in [0.05, 0.1) is 5.69 Å². The number of hydrogen-bond donors (Lipinski definition) is 3. The van der Waals surface area contributed by atoms with Crippen LogP contribution in [-0.4, -0.2) is 45.3 Å². The second-order valence-corrected chi connectivity index (χ2v) is 7.90. The molecule has 0 bridgehead atoms. The van der Waals surface area contributed by atoms with Gasteiger partial charge in [0.25, 0.3) is 0 Å². The second-order valence-electron chi connectivity index (χ2n) is 6.86. The molecule has 0 saturated carbocycles. The summed E-state index contributed by atoms with van der Waals surface area (Å²) in [6.45, 7) is 3.70. The molecule has 1 saturated heterocycles. The highest BCUT2D eigenvalue weighted by Gasteiger charge is 2.38. The molecule has 0 aliphatic carbocycles. The topological polar surface area (TPSA) is 98.8 Å². The van der Waals surface area contributed by atoms with E-state index in [2.05, 4.69) is 30.4 Å². The van der Waals surface area contributed by atoms with Crippen molar-refractivity contribution in [3.8, 4) is 0 Å². The standard InChI is InChI=1S/C19H18F3N7OS/c1-11-9-15(28-27-11)24-14-10-16(29-7-2-8-29)26-18(25-14)31-13-5-3-12(4-6-13)23-17(30)19(20,21)22/h3-6,9-10H,2,7-8H2,1H3,(H,23,30)(H2,24,25,26,27,28). The molecule has 2 aromatic heterocycles.